The molecule has 0 fully saturated rings. The van der Waals surface area contributed by atoms with Crippen molar-refractivity contribution in [3.8, 4) is 5.75 Å². The zero-order chi connectivity index (χ0) is 13.5. The first-order valence-electron chi connectivity index (χ1n) is 6.17. The lowest BCUT2D eigenvalue weighted by molar-refractivity contribution is 0.386. The monoisotopic (exact) mass is 264 g/mol. The third kappa shape index (κ3) is 4.03. The van der Waals surface area contributed by atoms with Gasteiger partial charge in [-0.3, -0.25) is 4.68 Å². The lowest BCUT2D eigenvalue weighted by atomic mass is 10.2. The van der Waals surface area contributed by atoms with E-state index >= 15 is 0 Å². The predicted molar refractivity (Wildman–Crippen MR) is 69.3 cm³/mol. The van der Waals surface area contributed by atoms with E-state index < -0.39 is 0 Å². The molecule has 0 atom stereocenters. The van der Waals surface area contributed by atoms with Gasteiger partial charge in [-0.1, -0.05) is 11.3 Å². The first-order chi connectivity index (χ1) is 9.29. The Morgan fingerprint density at radius 2 is 2.32 bits per heavy atom. The SMILES string of the molecule is COc1ccc(CNCCCn2ccnn2)cc1F. The van der Waals surface area contributed by atoms with E-state index in [1.165, 1.54) is 13.2 Å². The number of halogens is 1. The van der Waals surface area contributed by atoms with E-state index in [9.17, 15) is 4.39 Å². The van der Waals surface area contributed by atoms with Crippen LogP contribution in [0.4, 0.5) is 4.39 Å². The van der Waals surface area contributed by atoms with Crippen molar-refractivity contribution in [3.63, 3.8) is 0 Å². The normalized spacial score (nSPS) is 10.6. The van der Waals surface area contributed by atoms with Crippen LogP contribution in [0.3, 0.4) is 0 Å². The smallest absolute Gasteiger partial charge is 0.165 e. The Hall–Kier alpha value is -1.95. The Bertz CT molecular complexity index is 501. The van der Waals surface area contributed by atoms with Gasteiger partial charge in [-0.05, 0) is 30.7 Å². The number of hydrogen-bond acceptors (Lipinski definition) is 4. The molecule has 19 heavy (non-hydrogen) atoms. The quantitative estimate of drug-likeness (QED) is 0.772. The Morgan fingerprint density at radius 1 is 1.42 bits per heavy atom. The molecule has 2 rings (SSSR count). The Labute approximate surface area is 111 Å². The summed E-state index contributed by atoms with van der Waals surface area (Å²) < 4.78 is 20.1. The molecule has 0 amide bonds. The molecular formula is C13H17FN4O. The molecule has 0 saturated carbocycles. The zero-order valence-electron chi connectivity index (χ0n) is 10.8. The molecule has 1 N–H and O–H groups in total. The summed E-state index contributed by atoms with van der Waals surface area (Å²) in [5.41, 5.74) is 0.902. The molecule has 102 valence electrons. The molecule has 0 saturated heterocycles. The average molecular weight is 264 g/mol. The van der Waals surface area contributed by atoms with E-state index in [2.05, 4.69) is 15.6 Å². The molecule has 6 heteroatoms. The molecular weight excluding hydrogens is 247 g/mol. The highest BCUT2D eigenvalue weighted by Crippen LogP contribution is 2.17. The topological polar surface area (TPSA) is 52.0 Å². The first-order valence-corrected chi connectivity index (χ1v) is 6.17. The second-order valence-electron chi connectivity index (χ2n) is 4.17. The van der Waals surface area contributed by atoms with Crippen molar-refractivity contribution < 1.29 is 9.13 Å². The largest absolute Gasteiger partial charge is 0.494 e. The predicted octanol–water partition coefficient (Wildman–Crippen LogP) is 1.61. The average Bonchev–Trinajstić information content (AvgIpc) is 2.92. The van der Waals surface area contributed by atoms with Crippen LogP contribution >= 0.6 is 0 Å². The number of aromatic nitrogens is 3. The van der Waals surface area contributed by atoms with Gasteiger partial charge in [-0.25, -0.2) is 4.39 Å². The molecule has 0 bridgehead atoms. The second-order valence-corrected chi connectivity index (χ2v) is 4.17. The van der Waals surface area contributed by atoms with Gasteiger partial charge in [0.2, 0.25) is 0 Å². The summed E-state index contributed by atoms with van der Waals surface area (Å²) in [6, 6.07) is 4.98. The lowest BCUT2D eigenvalue weighted by Gasteiger charge is -2.07. The summed E-state index contributed by atoms with van der Waals surface area (Å²) in [5.74, 6) is -0.0562. The van der Waals surface area contributed by atoms with E-state index in [-0.39, 0.29) is 11.6 Å². The van der Waals surface area contributed by atoms with Crippen molar-refractivity contribution in [2.24, 2.45) is 0 Å². The van der Waals surface area contributed by atoms with Crippen LogP contribution in [0.1, 0.15) is 12.0 Å². The molecule has 0 aliphatic heterocycles. The number of methoxy groups -OCH3 is 1. The van der Waals surface area contributed by atoms with Gasteiger partial charge in [0.1, 0.15) is 0 Å². The summed E-state index contributed by atoms with van der Waals surface area (Å²) in [5, 5.41) is 10.9. The maximum absolute atomic E-state index is 13.4. The molecule has 1 aromatic heterocycles. The molecule has 1 heterocycles. The fourth-order valence-corrected chi connectivity index (χ4v) is 1.77. The summed E-state index contributed by atoms with van der Waals surface area (Å²) >= 11 is 0. The van der Waals surface area contributed by atoms with Crippen molar-refractivity contribution in [2.75, 3.05) is 13.7 Å². The number of hydrogen-bond donors (Lipinski definition) is 1. The van der Waals surface area contributed by atoms with Crippen LogP contribution in [-0.4, -0.2) is 28.6 Å². The van der Waals surface area contributed by atoms with Crippen molar-refractivity contribution >= 4 is 0 Å². The first kappa shape index (κ1) is 13.5. The van der Waals surface area contributed by atoms with Crippen molar-refractivity contribution in [3.05, 3.63) is 42.0 Å². The van der Waals surface area contributed by atoms with Gasteiger partial charge >= 0.3 is 0 Å². The van der Waals surface area contributed by atoms with Gasteiger partial charge in [-0.15, -0.1) is 5.10 Å². The summed E-state index contributed by atoms with van der Waals surface area (Å²) in [6.07, 6.45) is 4.44. The van der Waals surface area contributed by atoms with Crippen LogP contribution in [0.5, 0.6) is 5.75 Å². The third-order valence-electron chi connectivity index (χ3n) is 2.76. The minimum atomic E-state index is -0.329. The van der Waals surface area contributed by atoms with Gasteiger partial charge in [0.25, 0.3) is 0 Å². The number of benzene rings is 1. The Kier molecular flexibility index (Phi) is 4.85. The highest BCUT2D eigenvalue weighted by Gasteiger charge is 2.02. The van der Waals surface area contributed by atoms with Gasteiger partial charge < -0.3 is 10.1 Å². The van der Waals surface area contributed by atoms with Gasteiger partial charge in [0.05, 0.1) is 13.3 Å². The molecule has 0 aliphatic rings. The molecule has 2 aromatic rings. The minimum Gasteiger partial charge on any atom is -0.494 e. The Morgan fingerprint density at radius 3 is 3.00 bits per heavy atom. The van der Waals surface area contributed by atoms with E-state index in [4.69, 9.17) is 4.74 Å². The third-order valence-corrected chi connectivity index (χ3v) is 2.76. The van der Waals surface area contributed by atoms with Crippen LogP contribution in [-0.2, 0) is 13.1 Å². The van der Waals surface area contributed by atoms with Gasteiger partial charge in [-0.2, -0.15) is 0 Å². The van der Waals surface area contributed by atoms with Crippen LogP contribution in [0.15, 0.2) is 30.6 Å². The molecule has 0 unspecified atom stereocenters. The van der Waals surface area contributed by atoms with Crippen molar-refractivity contribution in [2.45, 2.75) is 19.5 Å². The van der Waals surface area contributed by atoms with Crippen molar-refractivity contribution in [1.82, 2.24) is 20.3 Å². The highest BCUT2D eigenvalue weighted by molar-refractivity contribution is 5.29. The molecule has 1 aromatic carbocycles. The highest BCUT2D eigenvalue weighted by atomic mass is 19.1. The number of nitrogens with one attached hydrogen (secondary N) is 1. The summed E-state index contributed by atoms with van der Waals surface area (Å²) in [6.45, 7) is 2.30. The van der Waals surface area contributed by atoms with Crippen LogP contribution in [0.2, 0.25) is 0 Å². The number of rotatable bonds is 7. The minimum absolute atomic E-state index is 0.273. The van der Waals surface area contributed by atoms with E-state index in [0.717, 1.165) is 25.1 Å². The van der Waals surface area contributed by atoms with E-state index in [0.29, 0.717) is 6.54 Å². The summed E-state index contributed by atoms with van der Waals surface area (Å²) in [7, 11) is 1.46. The van der Waals surface area contributed by atoms with Gasteiger partial charge in [0.15, 0.2) is 11.6 Å². The maximum atomic E-state index is 13.4. The maximum Gasteiger partial charge on any atom is 0.165 e. The standard InChI is InChI=1S/C13H17FN4O/c1-19-13-4-3-11(9-12(13)14)10-15-5-2-7-18-8-6-16-17-18/h3-4,6,8-9,15H,2,5,7,10H2,1H3. The molecule has 0 aliphatic carbocycles. The lowest BCUT2D eigenvalue weighted by Crippen LogP contribution is -2.16. The molecule has 5 nitrogen and oxygen atoms in total. The van der Waals surface area contributed by atoms with Crippen LogP contribution in [0.25, 0.3) is 0 Å². The van der Waals surface area contributed by atoms with Crippen LogP contribution < -0.4 is 10.1 Å². The van der Waals surface area contributed by atoms with Gasteiger partial charge in [0, 0.05) is 19.3 Å². The fourth-order valence-electron chi connectivity index (χ4n) is 1.77. The van der Waals surface area contributed by atoms with Crippen LogP contribution in [0, 0.1) is 5.82 Å². The number of ether oxygens (including phenoxy) is 1. The number of aryl methyl sites for hydroxylation is 1. The molecule has 0 radical (unpaired) electrons. The Balaban J connectivity index is 1.69. The van der Waals surface area contributed by atoms with E-state index in [1.54, 1.807) is 16.9 Å². The fraction of sp³-hybridized carbons (Fsp3) is 0.385. The zero-order valence-corrected chi connectivity index (χ0v) is 10.8. The second kappa shape index (κ2) is 6.84. The van der Waals surface area contributed by atoms with Crippen molar-refractivity contribution in [1.29, 1.82) is 0 Å². The summed E-state index contributed by atoms with van der Waals surface area (Å²) in [4.78, 5) is 0. The number of nitrogens with zero attached hydrogens (tertiary/aromatic N) is 3. The van der Waals surface area contributed by atoms with E-state index in [1.807, 2.05) is 12.3 Å². The molecule has 0 spiro atoms.